The summed E-state index contributed by atoms with van der Waals surface area (Å²) in [5, 5.41) is 13.9. The van der Waals surface area contributed by atoms with Crippen molar-refractivity contribution in [3.05, 3.63) is 39.9 Å². The van der Waals surface area contributed by atoms with Gasteiger partial charge in [0.2, 0.25) is 0 Å². The number of rotatable bonds is 8. The first-order valence-corrected chi connectivity index (χ1v) is 7.11. The van der Waals surface area contributed by atoms with Gasteiger partial charge in [-0.15, -0.1) is 0 Å². The molecule has 1 N–H and O–H groups in total. The van der Waals surface area contributed by atoms with Crippen molar-refractivity contribution >= 4 is 5.69 Å². The number of nitro groups is 1. The topological polar surface area (TPSA) is 58.4 Å². The first-order chi connectivity index (χ1) is 9.41. The zero-order valence-electron chi connectivity index (χ0n) is 12.8. The molecule has 0 atom stereocenters. The van der Waals surface area contributed by atoms with Crippen LogP contribution in [0.4, 0.5) is 5.69 Å². The maximum Gasteiger partial charge on any atom is 0.269 e. The molecule has 1 aromatic carbocycles. The molecule has 0 aliphatic carbocycles. The van der Waals surface area contributed by atoms with Crippen LogP contribution in [0.5, 0.6) is 0 Å². The van der Waals surface area contributed by atoms with Crippen LogP contribution >= 0.6 is 0 Å². The van der Waals surface area contributed by atoms with Crippen LogP contribution in [0.3, 0.4) is 0 Å². The van der Waals surface area contributed by atoms with Gasteiger partial charge in [-0.25, -0.2) is 0 Å². The Morgan fingerprint density at radius 1 is 1.15 bits per heavy atom. The minimum atomic E-state index is -0.375. The van der Waals surface area contributed by atoms with Crippen molar-refractivity contribution < 1.29 is 4.92 Å². The average Bonchev–Trinajstić information content (AvgIpc) is 2.38. The molecule has 1 rings (SSSR count). The van der Waals surface area contributed by atoms with Crippen molar-refractivity contribution in [3.8, 4) is 0 Å². The Bertz CT molecular complexity index is 408. The van der Waals surface area contributed by atoms with Gasteiger partial charge in [-0.2, -0.15) is 0 Å². The number of nitrogens with zero attached hydrogens (tertiary/aromatic N) is 2. The monoisotopic (exact) mass is 279 g/mol. The Labute approximate surface area is 121 Å². The van der Waals surface area contributed by atoms with E-state index in [1.54, 1.807) is 24.3 Å². The third-order valence-electron chi connectivity index (χ3n) is 3.35. The van der Waals surface area contributed by atoms with E-state index in [9.17, 15) is 10.1 Å². The highest BCUT2D eigenvalue weighted by Gasteiger charge is 2.12. The number of non-ortho nitro benzene ring substituents is 1. The van der Waals surface area contributed by atoms with E-state index in [1.807, 2.05) is 0 Å². The van der Waals surface area contributed by atoms with Crippen molar-refractivity contribution in [2.75, 3.05) is 13.1 Å². The Morgan fingerprint density at radius 3 is 2.15 bits per heavy atom. The minimum absolute atomic E-state index is 0.138. The van der Waals surface area contributed by atoms with E-state index in [-0.39, 0.29) is 10.6 Å². The van der Waals surface area contributed by atoms with Crippen molar-refractivity contribution in [3.63, 3.8) is 0 Å². The normalized spacial score (nSPS) is 11.6. The maximum atomic E-state index is 10.6. The first-order valence-electron chi connectivity index (χ1n) is 7.11. The molecule has 1 aromatic rings. The summed E-state index contributed by atoms with van der Waals surface area (Å²) in [4.78, 5) is 12.6. The fraction of sp³-hybridized carbons (Fsp3) is 0.600. The molecule has 0 saturated heterocycles. The summed E-state index contributed by atoms with van der Waals surface area (Å²) in [6, 6.07) is 7.77. The van der Waals surface area contributed by atoms with E-state index in [0.29, 0.717) is 12.1 Å². The largest absolute Gasteiger partial charge is 0.311 e. The second-order valence-electron chi connectivity index (χ2n) is 5.53. The van der Waals surface area contributed by atoms with Crippen LogP contribution in [-0.2, 0) is 6.54 Å². The molecule has 0 aromatic heterocycles. The van der Waals surface area contributed by atoms with Crippen LogP contribution in [0.1, 0.15) is 33.3 Å². The molecule has 0 saturated carbocycles. The summed E-state index contributed by atoms with van der Waals surface area (Å²) in [6.45, 7) is 11.5. The van der Waals surface area contributed by atoms with E-state index in [2.05, 4.69) is 37.9 Å². The second kappa shape index (κ2) is 7.97. The van der Waals surface area contributed by atoms with Crippen molar-refractivity contribution in [2.45, 2.75) is 46.3 Å². The fourth-order valence-electron chi connectivity index (χ4n) is 2.29. The number of benzene rings is 1. The van der Waals surface area contributed by atoms with Gasteiger partial charge in [0.1, 0.15) is 0 Å². The lowest BCUT2D eigenvalue weighted by atomic mass is 10.2. The van der Waals surface area contributed by atoms with Crippen molar-refractivity contribution in [1.29, 1.82) is 0 Å². The molecule has 20 heavy (non-hydrogen) atoms. The van der Waals surface area contributed by atoms with Crippen LogP contribution < -0.4 is 5.32 Å². The van der Waals surface area contributed by atoms with Gasteiger partial charge in [0.25, 0.3) is 5.69 Å². The highest BCUT2D eigenvalue weighted by atomic mass is 16.6. The van der Waals surface area contributed by atoms with Crippen molar-refractivity contribution in [2.24, 2.45) is 0 Å². The highest BCUT2D eigenvalue weighted by Crippen LogP contribution is 2.11. The summed E-state index contributed by atoms with van der Waals surface area (Å²) in [7, 11) is 0. The smallest absolute Gasteiger partial charge is 0.269 e. The van der Waals surface area contributed by atoms with E-state index in [4.69, 9.17) is 0 Å². The Balaban J connectivity index is 2.35. The molecule has 0 amide bonds. The van der Waals surface area contributed by atoms with Crippen LogP contribution in [0.2, 0.25) is 0 Å². The van der Waals surface area contributed by atoms with E-state index in [0.717, 1.165) is 25.2 Å². The zero-order valence-corrected chi connectivity index (χ0v) is 12.8. The molecule has 5 heteroatoms. The quantitative estimate of drug-likeness (QED) is 0.451. The molecule has 5 nitrogen and oxygen atoms in total. The maximum absolute atomic E-state index is 10.6. The number of nitrogens with one attached hydrogen (secondary N) is 1. The summed E-state index contributed by atoms with van der Waals surface area (Å²) in [5.41, 5.74) is 1.20. The fourth-order valence-corrected chi connectivity index (χ4v) is 2.29. The van der Waals surface area contributed by atoms with Gasteiger partial charge in [-0.05, 0) is 33.3 Å². The number of hydrogen-bond donors (Lipinski definition) is 1. The molecule has 0 heterocycles. The lowest BCUT2D eigenvalue weighted by Crippen LogP contribution is -2.41. The molecular formula is C15H25N3O2. The molecule has 0 aliphatic heterocycles. The first kappa shape index (κ1) is 16.6. The SMILES string of the molecule is CC(C)N(CCNCc1ccc([N+](=O)[O-])cc1)C(C)C. The Morgan fingerprint density at radius 2 is 1.70 bits per heavy atom. The molecule has 0 bridgehead atoms. The lowest BCUT2D eigenvalue weighted by Gasteiger charge is -2.30. The van der Waals surface area contributed by atoms with Gasteiger partial charge < -0.3 is 5.32 Å². The third-order valence-corrected chi connectivity index (χ3v) is 3.35. The van der Waals surface area contributed by atoms with Crippen molar-refractivity contribution in [1.82, 2.24) is 10.2 Å². The number of hydrogen-bond acceptors (Lipinski definition) is 4. The lowest BCUT2D eigenvalue weighted by molar-refractivity contribution is -0.384. The molecule has 0 radical (unpaired) electrons. The standard InChI is InChI=1S/C15H25N3O2/c1-12(2)17(13(3)4)10-9-16-11-14-5-7-15(8-6-14)18(19)20/h5-8,12-13,16H,9-11H2,1-4H3. The van der Waals surface area contributed by atoms with Gasteiger partial charge in [-0.3, -0.25) is 15.0 Å². The molecule has 0 spiro atoms. The van der Waals surface area contributed by atoms with E-state index in [1.165, 1.54) is 0 Å². The summed E-state index contributed by atoms with van der Waals surface area (Å²) >= 11 is 0. The molecule has 112 valence electrons. The molecular weight excluding hydrogens is 254 g/mol. The summed E-state index contributed by atoms with van der Waals surface area (Å²) in [5.74, 6) is 0. The Kier molecular flexibility index (Phi) is 6.61. The van der Waals surface area contributed by atoms with Crippen LogP contribution in [0, 0.1) is 10.1 Å². The predicted molar refractivity (Wildman–Crippen MR) is 81.8 cm³/mol. The number of nitro benzene ring substituents is 1. The minimum Gasteiger partial charge on any atom is -0.311 e. The van der Waals surface area contributed by atoms with E-state index < -0.39 is 0 Å². The van der Waals surface area contributed by atoms with Crippen LogP contribution in [0.25, 0.3) is 0 Å². The van der Waals surface area contributed by atoms with Gasteiger partial charge in [0, 0.05) is 43.9 Å². The molecule has 0 unspecified atom stereocenters. The third kappa shape index (κ3) is 5.27. The second-order valence-corrected chi connectivity index (χ2v) is 5.53. The van der Waals surface area contributed by atoms with Gasteiger partial charge >= 0.3 is 0 Å². The molecule has 0 fully saturated rings. The molecule has 0 aliphatic rings. The summed E-state index contributed by atoms with van der Waals surface area (Å²) in [6.07, 6.45) is 0. The Hall–Kier alpha value is -1.46. The van der Waals surface area contributed by atoms with Gasteiger partial charge in [0.05, 0.1) is 4.92 Å². The average molecular weight is 279 g/mol. The van der Waals surface area contributed by atoms with Gasteiger partial charge in [-0.1, -0.05) is 12.1 Å². The van der Waals surface area contributed by atoms with E-state index >= 15 is 0 Å². The highest BCUT2D eigenvalue weighted by molar-refractivity contribution is 5.32. The van der Waals surface area contributed by atoms with Crippen LogP contribution in [0.15, 0.2) is 24.3 Å². The zero-order chi connectivity index (χ0) is 15.1. The predicted octanol–water partition coefficient (Wildman–Crippen LogP) is 2.80. The summed E-state index contributed by atoms with van der Waals surface area (Å²) < 4.78 is 0. The van der Waals surface area contributed by atoms with Crippen LogP contribution in [-0.4, -0.2) is 35.0 Å². The van der Waals surface area contributed by atoms with Gasteiger partial charge in [0.15, 0.2) is 0 Å².